The standard InChI is InChI=1S/C17H15F2N3O3/c18-16(19)25-14-4-2-1-3-13(14)21-15(23)11-5-7-12(8-6-11)22-10-9-20-17(22)24/h1-8,16H,9-10H2,(H,20,24)(H,21,23). The van der Waals surface area contributed by atoms with E-state index in [0.29, 0.717) is 24.3 Å². The number of nitrogens with zero attached hydrogens (tertiary/aromatic N) is 1. The van der Waals surface area contributed by atoms with Crippen molar-refractivity contribution in [2.75, 3.05) is 23.3 Å². The molecule has 0 aliphatic carbocycles. The van der Waals surface area contributed by atoms with Crippen LogP contribution in [0, 0.1) is 0 Å². The summed E-state index contributed by atoms with van der Waals surface area (Å²) in [7, 11) is 0. The van der Waals surface area contributed by atoms with Gasteiger partial charge in [0.1, 0.15) is 5.75 Å². The molecule has 0 radical (unpaired) electrons. The number of halogens is 2. The molecular weight excluding hydrogens is 332 g/mol. The van der Waals surface area contributed by atoms with Gasteiger partial charge in [-0.05, 0) is 36.4 Å². The first-order chi connectivity index (χ1) is 12.0. The Bertz CT molecular complexity index is 781. The Labute approximate surface area is 142 Å². The minimum Gasteiger partial charge on any atom is -0.433 e. The number of carbonyl (C=O) groups is 2. The number of benzene rings is 2. The van der Waals surface area contributed by atoms with Crippen molar-refractivity contribution in [3.05, 3.63) is 54.1 Å². The number of anilines is 2. The predicted octanol–water partition coefficient (Wildman–Crippen LogP) is 3.07. The summed E-state index contributed by atoms with van der Waals surface area (Å²) in [6.07, 6.45) is 0. The number of nitrogens with one attached hydrogen (secondary N) is 2. The van der Waals surface area contributed by atoms with E-state index in [1.165, 1.54) is 18.2 Å². The Morgan fingerprint density at radius 3 is 2.52 bits per heavy atom. The molecule has 0 atom stereocenters. The van der Waals surface area contributed by atoms with Crippen LogP contribution in [0.3, 0.4) is 0 Å². The second-order valence-electron chi connectivity index (χ2n) is 5.26. The molecule has 1 fully saturated rings. The van der Waals surface area contributed by atoms with Gasteiger partial charge in [0.15, 0.2) is 0 Å². The van der Waals surface area contributed by atoms with Crippen molar-refractivity contribution in [3.63, 3.8) is 0 Å². The number of carbonyl (C=O) groups excluding carboxylic acids is 2. The smallest absolute Gasteiger partial charge is 0.387 e. The zero-order valence-electron chi connectivity index (χ0n) is 13.0. The quantitative estimate of drug-likeness (QED) is 0.873. The van der Waals surface area contributed by atoms with Crippen molar-refractivity contribution >= 4 is 23.3 Å². The molecule has 3 amide bonds. The summed E-state index contributed by atoms with van der Waals surface area (Å²) in [6, 6.07) is 12.2. The molecule has 1 aliphatic heterocycles. The molecule has 0 saturated carbocycles. The first-order valence-corrected chi connectivity index (χ1v) is 7.55. The first-order valence-electron chi connectivity index (χ1n) is 7.55. The van der Waals surface area contributed by atoms with E-state index in [0.717, 1.165) is 0 Å². The lowest BCUT2D eigenvalue weighted by Gasteiger charge is -2.15. The minimum absolute atomic E-state index is 0.115. The number of hydrogen-bond acceptors (Lipinski definition) is 3. The summed E-state index contributed by atoms with van der Waals surface area (Å²) < 4.78 is 29.2. The Morgan fingerprint density at radius 2 is 1.88 bits per heavy atom. The lowest BCUT2D eigenvalue weighted by Crippen LogP contribution is -2.27. The second kappa shape index (κ2) is 7.16. The summed E-state index contributed by atoms with van der Waals surface area (Å²) in [5.41, 5.74) is 1.15. The van der Waals surface area contributed by atoms with E-state index in [1.807, 2.05) is 0 Å². The highest BCUT2D eigenvalue weighted by Crippen LogP contribution is 2.26. The zero-order valence-corrected chi connectivity index (χ0v) is 13.0. The van der Waals surface area contributed by atoms with Gasteiger partial charge in [0.25, 0.3) is 5.91 Å². The molecule has 1 heterocycles. The fraction of sp³-hybridized carbons (Fsp3) is 0.176. The van der Waals surface area contributed by atoms with Gasteiger partial charge >= 0.3 is 12.6 Å². The lowest BCUT2D eigenvalue weighted by molar-refractivity contribution is -0.0493. The van der Waals surface area contributed by atoms with Crippen LogP contribution in [0.2, 0.25) is 0 Å². The van der Waals surface area contributed by atoms with Crippen LogP contribution < -0.4 is 20.3 Å². The molecule has 2 aromatic rings. The van der Waals surface area contributed by atoms with E-state index in [4.69, 9.17) is 0 Å². The highest BCUT2D eigenvalue weighted by atomic mass is 19.3. The molecule has 0 spiro atoms. The average molecular weight is 347 g/mol. The molecule has 2 N–H and O–H groups in total. The molecule has 25 heavy (non-hydrogen) atoms. The van der Waals surface area contributed by atoms with Crippen LogP contribution in [0.15, 0.2) is 48.5 Å². The van der Waals surface area contributed by atoms with Gasteiger partial charge in [0.05, 0.1) is 5.69 Å². The Morgan fingerprint density at radius 1 is 1.16 bits per heavy atom. The number of urea groups is 1. The largest absolute Gasteiger partial charge is 0.433 e. The highest BCUT2D eigenvalue weighted by molar-refractivity contribution is 6.05. The maximum atomic E-state index is 12.4. The van der Waals surface area contributed by atoms with Crippen LogP contribution in [0.4, 0.5) is 25.0 Å². The molecular formula is C17H15F2N3O3. The first kappa shape index (κ1) is 16.7. The van der Waals surface area contributed by atoms with Crippen molar-refractivity contribution in [2.24, 2.45) is 0 Å². The van der Waals surface area contributed by atoms with Crippen molar-refractivity contribution in [1.82, 2.24) is 5.32 Å². The van der Waals surface area contributed by atoms with Gasteiger partial charge in [0.2, 0.25) is 0 Å². The number of rotatable bonds is 5. The maximum absolute atomic E-state index is 12.4. The van der Waals surface area contributed by atoms with Crippen molar-refractivity contribution in [2.45, 2.75) is 6.61 Å². The Hall–Kier alpha value is -3.16. The van der Waals surface area contributed by atoms with E-state index >= 15 is 0 Å². The molecule has 130 valence electrons. The molecule has 1 aliphatic rings. The van der Waals surface area contributed by atoms with Crippen LogP contribution in [0.5, 0.6) is 5.75 Å². The maximum Gasteiger partial charge on any atom is 0.387 e. The molecule has 8 heteroatoms. The summed E-state index contributed by atoms with van der Waals surface area (Å²) in [4.78, 5) is 25.5. The average Bonchev–Trinajstić information content (AvgIpc) is 3.02. The van der Waals surface area contributed by atoms with Gasteiger partial charge in [0, 0.05) is 24.3 Å². The number of ether oxygens (including phenoxy) is 1. The summed E-state index contributed by atoms with van der Waals surface area (Å²) in [5.74, 6) is -0.584. The van der Waals surface area contributed by atoms with Gasteiger partial charge in [-0.25, -0.2) is 4.79 Å². The fourth-order valence-electron chi connectivity index (χ4n) is 2.47. The normalized spacial score (nSPS) is 13.7. The molecule has 6 nitrogen and oxygen atoms in total. The Balaban J connectivity index is 1.73. The fourth-order valence-corrected chi connectivity index (χ4v) is 2.47. The monoisotopic (exact) mass is 347 g/mol. The highest BCUT2D eigenvalue weighted by Gasteiger charge is 2.21. The number of hydrogen-bond donors (Lipinski definition) is 2. The molecule has 0 aromatic heterocycles. The van der Waals surface area contributed by atoms with Gasteiger partial charge in [-0.3, -0.25) is 9.69 Å². The van der Waals surface area contributed by atoms with E-state index in [1.54, 1.807) is 35.2 Å². The molecule has 0 bridgehead atoms. The topological polar surface area (TPSA) is 70.7 Å². The molecule has 1 saturated heterocycles. The predicted molar refractivity (Wildman–Crippen MR) is 88.2 cm³/mol. The van der Waals surface area contributed by atoms with Crippen molar-refractivity contribution in [3.8, 4) is 5.75 Å². The molecule has 0 unspecified atom stereocenters. The summed E-state index contributed by atoms with van der Waals surface area (Å²) >= 11 is 0. The van der Waals surface area contributed by atoms with E-state index < -0.39 is 12.5 Å². The van der Waals surface area contributed by atoms with Crippen molar-refractivity contribution < 1.29 is 23.1 Å². The second-order valence-corrected chi connectivity index (χ2v) is 5.26. The van der Waals surface area contributed by atoms with Gasteiger partial charge in [-0.2, -0.15) is 8.78 Å². The van der Waals surface area contributed by atoms with Crippen LogP contribution >= 0.6 is 0 Å². The van der Waals surface area contributed by atoms with Crippen molar-refractivity contribution in [1.29, 1.82) is 0 Å². The zero-order chi connectivity index (χ0) is 17.8. The third-order valence-electron chi connectivity index (χ3n) is 3.65. The van der Waals surface area contributed by atoms with Crippen LogP contribution in [-0.4, -0.2) is 31.6 Å². The van der Waals surface area contributed by atoms with Crippen LogP contribution in [0.1, 0.15) is 10.4 Å². The third-order valence-corrected chi connectivity index (χ3v) is 3.65. The van der Waals surface area contributed by atoms with Crippen LogP contribution in [-0.2, 0) is 0 Å². The van der Waals surface area contributed by atoms with Gasteiger partial charge < -0.3 is 15.4 Å². The van der Waals surface area contributed by atoms with Gasteiger partial charge in [-0.15, -0.1) is 0 Å². The summed E-state index contributed by atoms with van der Waals surface area (Å²) in [6.45, 7) is -1.85. The number of amides is 3. The SMILES string of the molecule is O=C(Nc1ccccc1OC(F)F)c1ccc(N2CCNC2=O)cc1. The minimum atomic E-state index is -2.98. The van der Waals surface area contributed by atoms with E-state index in [2.05, 4.69) is 15.4 Å². The van der Waals surface area contributed by atoms with Crippen LogP contribution in [0.25, 0.3) is 0 Å². The third kappa shape index (κ3) is 3.85. The number of alkyl halides is 2. The number of para-hydroxylation sites is 2. The Kier molecular flexibility index (Phi) is 4.78. The molecule has 2 aromatic carbocycles. The van der Waals surface area contributed by atoms with Gasteiger partial charge in [-0.1, -0.05) is 12.1 Å². The summed E-state index contributed by atoms with van der Waals surface area (Å²) in [5, 5.41) is 5.23. The molecule has 3 rings (SSSR count). The van der Waals surface area contributed by atoms with E-state index in [9.17, 15) is 18.4 Å². The van der Waals surface area contributed by atoms with E-state index in [-0.39, 0.29) is 17.5 Å². The lowest BCUT2D eigenvalue weighted by atomic mass is 10.1.